The number of nitrogens with one attached hydrogen (secondary N) is 1. The SMILES string of the molecule is CCN1CC[C@H](CN(CC)C(=O)c2cnc(-c3ccc(C)cc3)[nH]c2=O)C1. The quantitative estimate of drug-likeness (QED) is 0.851. The monoisotopic (exact) mass is 368 g/mol. The molecule has 1 fully saturated rings. The summed E-state index contributed by atoms with van der Waals surface area (Å²) in [5, 5.41) is 0. The molecular weight excluding hydrogens is 340 g/mol. The van der Waals surface area contributed by atoms with Gasteiger partial charge in [0.2, 0.25) is 0 Å². The molecule has 1 aromatic heterocycles. The van der Waals surface area contributed by atoms with Crippen molar-refractivity contribution in [1.29, 1.82) is 0 Å². The van der Waals surface area contributed by atoms with Crippen LogP contribution in [-0.4, -0.2) is 58.4 Å². The normalized spacial score (nSPS) is 17.2. The number of likely N-dealkylation sites (tertiary alicyclic amines) is 1. The minimum Gasteiger partial charge on any atom is -0.338 e. The Hall–Kier alpha value is -2.47. The third-order valence-corrected chi connectivity index (χ3v) is 5.32. The second-order valence-electron chi connectivity index (χ2n) is 7.23. The maximum atomic E-state index is 12.9. The summed E-state index contributed by atoms with van der Waals surface area (Å²) in [4.78, 5) is 36.7. The molecule has 0 spiro atoms. The van der Waals surface area contributed by atoms with E-state index in [1.807, 2.05) is 38.1 Å². The number of H-pyrrole nitrogens is 1. The number of carbonyl (C=O) groups excluding carboxylic acids is 1. The van der Waals surface area contributed by atoms with Crippen molar-refractivity contribution in [3.63, 3.8) is 0 Å². The minimum atomic E-state index is -0.384. The van der Waals surface area contributed by atoms with Gasteiger partial charge < -0.3 is 14.8 Å². The second-order valence-corrected chi connectivity index (χ2v) is 7.23. The topological polar surface area (TPSA) is 69.3 Å². The molecule has 144 valence electrons. The van der Waals surface area contributed by atoms with E-state index in [9.17, 15) is 9.59 Å². The predicted octanol–water partition coefficient (Wildman–Crippen LogP) is 2.55. The summed E-state index contributed by atoms with van der Waals surface area (Å²) in [5.41, 5.74) is 1.69. The van der Waals surface area contributed by atoms with Gasteiger partial charge in [-0.05, 0) is 39.3 Å². The Bertz CT molecular complexity index is 844. The number of hydrogen-bond acceptors (Lipinski definition) is 4. The summed E-state index contributed by atoms with van der Waals surface area (Å²) in [5.74, 6) is 0.707. The smallest absolute Gasteiger partial charge is 0.264 e. The fourth-order valence-electron chi connectivity index (χ4n) is 3.59. The first-order chi connectivity index (χ1) is 13.0. The van der Waals surface area contributed by atoms with Gasteiger partial charge in [-0.25, -0.2) is 4.98 Å². The molecule has 1 saturated heterocycles. The van der Waals surface area contributed by atoms with Gasteiger partial charge in [0.15, 0.2) is 0 Å². The molecule has 1 aliphatic heterocycles. The van der Waals surface area contributed by atoms with Gasteiger partial charge in [0.25, 0.3) is 11.5 Å². The van der Waals surface area contributed by atoms with E-state index in [0.29, 0.717) is 24.8 Å². The zero-order chi connectivity index (χ0) is 19.4. The van der Waals surface area contributed by atoms with Crippen LogP contribution >= 0.6 is 0 Å². The van der Waals surface area contributed by atoms with Crippen molar-refractivity contribution in [1.82, 2.24) is 19.8 Å². The van der Waals surface area contributed by atoms with E-state index in [1.54, 1.807) is 4.90 Å². The molecule has 3 rings (SSSR count). The van der Waals surface area contributed by atoms with Crippen molar-refractivity contribution in [3.05, 3.63) is 51.9 Å². The molecule has 0 saturated carbocycles. The highest BCUT2D eigenvalue weighted by atomic mass is 16.2. The first kappa shape index (κ1) is 19.3. The number of amides is 1. The summed E-state index contributed by atoms with van der Waals surface area (Å²) < 4.78 is 0. The Balaban J connectivity index is 1.75. The largest absolute Gasteiger partial charge is 0.338 e. The van der Waals surface area contributed by atoms with Crippen LogP contribution in [-0.2, 0) is 0 Å². The van der Waals surface area contributed by atoms with Crippen molar-refractivity contribution in [3.8, 4) is 11.4 Å². The van der Waals surface area contributed by atoms with Crippen LogP contribution in [0.25, 0.3) is 11.4 Å². The summed E-state index contributed by atoms with van der Waals surface area (Å²) in [6.45, 7) is 10.5. The van der Waals surface area contributed by atoms with Crippen LogP contribution in [0, 0.1) is 12.8 Å². The number of carbonyl (C=O) groups is 1. The van der Waals surface area contributed by atoms with Gasteiger partial charge >= 0.3 is 0 Å². The van der Waals surface area contributed by atoms with Crippen LogP contribution < -0.4 is 5.56 Å². The summed E-state index contributed by atoms with van der Waals surface area (Å²) in [7, 11) is 0. The molecule has 6 nitrogen and oxygen atoms in total. The standard InChI is InChI=1S/C21H28N4O2/c1-4-24-11-10-16(13-24)14-25(5-2)21(27)18-12-22-19(23-20(18)26)17-8-6-15(3)7-9-17/h6-9,12,16H,4-5,10-11,13-14H2,1-3H3,(H,22,23,26)/t16-/m0/s1. The lowest BCUT2D eigenvalue weighted by Crippen LogP contribution is -2.38. The van der Waals surface area contributed by atoms with E-state index in [-0.39, 0.29) is 17.0 Å². The third kappa shape index (κ3) is 4.45. The molecular formula is C21H28N4O2. The predicted molar refractivity (Wildman–Crippen MR) is 107 cm³/mol. The van der Waals surface area contributed by atoms with Gasteiger partial charge in [0.1, 0.15) is 11.4 Å². The maximum absolute atomic E-state index is 12.9. The van der Waals surface area contributed by atoms with E-state index >= 15 is 0 Å². The average Bonchev–Trinajstić information content (AvgIpc) is 3.14. The number of aryl methyl sites for hydroxylation is 1. The number of hydrogen-bond donors (Lipinski definition) is 1. The highest BCUT2D eigenvalue weighted by Crippen LogP contribution is 2.18. The lowest BCUT2D eigenvalue weighted by atomic mass is 10.1. The molecule has 27 heavy (non-hydrogen) atoms. The maximum Gasteiger partial charge on any atom is 0.264 e. The number of rotatable bonds is 6. The Morgan fingerprint density at radius 1 is 1.30 bits per heavy atom. The van der Waals surface area contributed by atoms with E-state index in [1.165, 1.54) is 6.20 Å². The highest BCUT2D eigenvalue weighted by Gasteiger charge is 2.26. The Labute approximate surface area is 160 Å². The first-order valence-corrected chi connectivity index (χ1v) is 9.69. The van der Waals surface area contributed by atoms with Gasteiger partial charge in [-0.3, -0.25) is 9.59 Å². The second kappa shape index (κ2) is 8.48. The Kier molecular flexibility index (Phi) is 6.06. The van der Waals surface area contributed by atoms with Crippen LogP contribution in [0.2, 0.25) is 0 Å². The molecule has 0 aliphatic carbocycles. The van der Waals surface area contributed by atoms with Crippen LogP contribution in [0.5, 0.6) is 0 Å². The lowest BCUT2D eigenvalue weighted by Gasteiger charge is -2.24. The average molecular weight is 368 g/mol. The van der Waals surface area contributed by atoms with E-state index in [4.69, 9.17) is 0 Å². The molecule has 6 heteroatoms. The van der Waals surface area contributed by atoms with Crippen LogP contribution in [0.15, 0.2) is 35.3 Å². The fourth-order valence-corrected chi connectivity index (χ4v) is 3.59. The molecule has 1 amide bonds. The van der Waals surface area contributed by atoms with Crippen molar-refractivity contribution in [2.75, 3.05) is 32.7 Å². The third-order valence-electron chi connectivity index (χ3n) is 5.32. The lowest BCUT2D eigenvalue weighted by molar-refractivity contribution is 0.0737. The number of nitrogens with zero attached hydrogens (tertiary/aromatic N) is 3. The molecule has 1 N–H and O–H groups in total. The van der Waals surface area contributed by atoms with Crippen molar-refractivity contribution in [2.24, 2.45) is 5.92 Å². The molecule has 0 radical (unpaired) electrons. The minimum absolute atomic E-state index is 0.109. The molecule has 2 heterocycles. The zero-order valence-corrected chi connectivity index (χ0v) is 16.4. The number of benzene rings is 1. The van der Waals surface area contributed by atoms with Crippen molar-refractivity contribution < 1.29 is 4.79 Å². The van der Waals surface area contributed by atoms with Crippen molar-refractivity contribution in [2.45, 2.75) is 27.2 Å². The molecule has 1 aromatic carbocycles. The Morgan fingerprint density at radius 3 is 2.63 bits per heavy atom. The van der Waals surface area contributed by atoms with E-state index in [2.05, 4.69) is 21.8 Å². The van der Waals surface area contributed by atoms with Gasteiger partial charge in [0, 0.05) is 31.4 Å². The summed E-state index contributed by atoms with van der Waals surface area (Å²) in [6.07, 6.45) is 2.50. The van der Waals surface area contributed by atoms with Gasteiger partial charge in [-0.2, -0.15) is 0 Å². The van der Waals surface area contributed by atoms with Crippen LogP contribution in [0.4, 0.5) is 0 Å². The summed E-state index contributed by atoms with van der Waals surface area (Å²) >= 11 is 0. The zero-order valence-electron chi connectivity index (χ0n) is 16.4. The van der Waals surface area contributed by atoms with Crippen LogP contribution in [0.1, 0.15) is 36.2 Å². The Morgan fingerprint density at radius 2 is 2.04 bits per heavy atom. The van der Waals surface area contributed by atoms with Gasteiger partial charge in [-0.1, -0.05) is 36.8 Å². The molecule has 2 aromatic rings. The first-order valence-electron chi connectivity index (χ1n) is 9.69. The number of aromatic nitrogens is 2. The highest BCUT2D eigenvalue weighted by molar-refractivity contribution is 5.93. The van der Waals surface area contributed by atoms with Gasteiger partial charge in [-0.15, -0.1) is 0 Å². The van der Waals surface area contributed by atoms with Crippen molar-refractivity contribution >= 4 is 5.91 Å². The molecule has 1 atom stereocenters. The molecule has 0 bridgehead atoms. The van der Waals surface area contributed by atoms with E-state index < -0.39 is 0 Å². The van der Waals surface area contributed by atoms with E-state index in [0.717, 1.165) is 37.2 Å². The fraction of sp³-hybridized carbons (Fsp3) is 0.476. The van der Waals surface area contributed by atoms with Crippen LogP contribution in [0.3, 0.4) is 0 Å². The number of aromatic amines is 1. The van der Waals surface area contributed by atoms with Gasteiger partial charge in [0.05, 0.1) is 0 Å². The molecule has 0 unspecified atom stereocenters. The molecule has 1 aliphatic rings. The summed E-state index contributed by atoms with van der Waals surface area (Å²) in [6, 6.07) is 7.75.